The minimum atomic E-state index is 0.683. The molecule has 0 aliphatic rings. The van der Waals surface area contributed by atoms with Crippen molar-refractivity contribution in [1.29, 1.82) is 0 Å². The summed E-state index contributed by atoms with van der Waals surface area (Å²) in [4.78, 5) is 8.02. The molecule has 0 amide bonds. The van der Waals surface area contributed by atoms with Crippen LogP contribution in [0.1, 0.15) is 0 Å². The van der Waals surface area contributed by atoms with Crippen molar-refractivity contribution in [3.8, 4) is 0 Å². The van der Waals surface area contributed by atoms with E-state index in [0.29, 0.717) is 4.90 Å². The van der Waals surface area contributed by atoms with Gasteiger partial charge in [0.2, 0.25) is 0 Å². The quantitative estimate of drug-likeness (QED) is 0.499. The van der Waals surface area contributed by atoms with Crippen LogP contribution in [0.3, 0.4) is 0 Å². The van der Waals surface area contributed by atoms with Gasteiger partial charge in [0.25, 0.3) is 0 Å². The lowest BCUT2D eigenvalue weighted by Crippen LogP contribution is -1.72. The van der Waals surface area contributed by atoms with Crippen molar-refractivity contribution in [3.63, 3.8) is 0 Å². The van der Waals surface area contributed by atoms with Gasteiger partial charge in [-0.2, -0.15) is 0 Å². The maximum absolute atomic E-state index is 4.69. The lowest BCUT2D eigenvalue weighted by molar-refractivity contribution is 1.10. The van der Waals surface area contributed by atoms with Crippen LogP contribution in [0.25, 0.3) is 0 Å². The van der Waals surface area contributed by atoms with Gasteiger partial charge in [0, 0.05) is 12.4 Å². The van der Waals surface area contributed by atoms with E-state index in [1.807, 2.05) is 0 Å². The number of hydrogen-bond donors (Lipinski definition) is 0. The maximum atomic E-state index is 4.69. The molecule has 1 rings (SSSR count). The van der Waals surface area contributed by atoms with Gasteiger partial charge in [0.05, 0.1) is 4.90 Å². The standard InChI is InChI=1S/C4H3N2S/c7-4-1-5-3-6-2-4/h1-3H. The molecule has 7 heavy (non-hydrogen) atoms. The van der Waals surface area contributed by atoms with Crippen LogP contribution < -0.4 is 0 Å². The first-order chi connectivity index (χ1) is 3.39. The zero-order valence-electron chi connectivity index (χ0n) is 3.53. The van der Waals surface area contributed by atoms with Crippen molar-refractivity contribution >= 4 is 12.6 Å². The Bertz CT molecular complexity index is 140. The summed E-state index contributed by atoms with van der Waals surface area (Å²) in [6, 6.07) is 0. The average Bonchev–Trinajstić information content (AvgIpc) is 1.69. The van der Waals surface area contributed by atoms with Gasteiger partial charge in [-0.25, -0.2) is 9.97 Å². The molecule has 0 N–H and O–H groups in total. The molecule has 0 saturated carbocycles. The third-order valence-corrected chi connectivity index (χ3v) is 0.748. The molecular formula is C4H3N2S. The Kier molecular flexibility index (Phi) is 1.17. The smallest absolute Gasteiger partial charge is 0.115 e. The lowest BCUT2D eigenvalue weighted by Gasteiger charge is -1.79. The van der Waals surface area contributed by atoms with Crippen LogP contribution in [0.5, 0.6) is 0 Å². The topological polar surface area (TPSA) is 25.8 Å². The van der Waals surface area contributed by atoms with Crippen LogP contribution in [0, 0.1) is 0 Å². The first-order valence-electron chi connectivity index (χ1n) is 1.81. The second-order valence-corrected chi connectivity index (χ2v) is 1.55. The molecule has 0 aliphatic carbocycles. The minimum Gasteiger partial charge on any atom is -0.243 e. The van der Waals surface area contributed by atoms with Gasteiger partial charge in [-0.05, 0) is 0 Å². The summed E-state index contributed by atoms with van der Waals surface area (Å²) >= 11 is 4.69. The van der Waals surface area contributed by atoms with E-state index in [2.05, 4.69) is 22.6 Å². The number of nitrogens with zero attached hydrogens (tertiary/aromatic N) is 2. The van der Waals surface area contributed by atoms with Crippen LogP contribution in [-0.4, -0.2) is 9.97 Å². The van der Waals surface area contributed by atoms with E-state index >= 15 is 0 Å². The summed E-state index contributed by atoms with van der Waals surface area (Å²) in [5.41, 5.74) is 0. The molecule has 0 saturated heterocycles. The summed E-state index contributed by atoms with van der Waals surface area (Å²) in [5, 5.41) is 0. The van der Waals surface area contributed by atoms with Crippen molar-refractivity contribution in [1.82, 2.24) is 9.97 Å². The third kappa shape index (κ3) is 1.08. The van der Waals surface area contributed by atoms with Crippen LogP contribution in [-0.2, 0) is 0 Å². The molecule has 3 heteroatoms. The molecule has 0 atom stereocenters. The van der Waals surface area contributed by atoms with Gasteiger partial charge in [0.15, 0.2) is 0 Å². The third-order valence-electron chi connectivity index (χ3n) is 0.537. The zero-order chi connectivity index (χ0) is 5.11. The minimum absolute atomic E-state index is 0.683. The highest BCUT2D eigenvalue weighted by Gasteiger charge is 1.77. The fraction of sp³-hybridized carbons (Fsp3) is 0. The molecule has 0 aliphatic heterocycles. The summed E-state index contributed by atoms with van der Waals surface area (Å²) in [5.74, 6) is 0. The van der Waals surface area contributed by atoms with E-state index in [1.54, 1.807) is 12.4 Å². The van der Waals surface area contributed by atoms with Crippen molar-refractivity contribution in [2.24, 2.45) is 0 Å². The van der Waals surface area contributed by atoms with Crippen LogP contribution >= 0.6 is 12.6 Å². The van der Waals surface area contributed by atoms with Gasteiger partial charge in [-0.15, -0.1) is 0 Å². The second kappa shape index (κ2) is 1.84. The van der Waals surface area contributed by atoms with E-state index in [9.17, 15) is 0 Å². The Balaban J connectivity index is 3.02. The zero-order valence-corrected chi connectivity index (χ0v) is 4.35. The predicted molar refractivity (Wildman–Crippen MR) is 27.9 cm³/mol. The summed E-state index contributed by atoms with van der Waals surface area (Å²) in [6.45, 7) is 0. The van der Waals surface area contributed by atoms with Gasteiger partial charge < -0.3 is 0 Å². The predicted octanol–water partition coefficient (Wildman–Crippen LogP) is 1.03. The van der Waals surface area contributed by atoms with E-state index in [-0.39, 0.29) is 0 Å². The Morgan fingerprint density at radius 1 is 1.29 bits per heavy atom. The molecule has 0 aromatic carbocycles. The highest BCUT2D eigenvalue weighted by atomic mass is 32.1. The largest absolute Gasteiger partial charge is 0.243 e. The molecular weight excluding hydrogens is 108 g/mol. The molecule has 1 radical (unpaired) electrons. The summed E-state index contributed by atoms with van der Waals surface area (Å²) < 4.78 is 0. The number of rotatable bonds is 0. The van der Waals surface area contributed by atoms with E-state index in [0.717, 1.165) is 0 Å². The molecule has 2 nitrogen and oxygen atoms in total. The first kappa shape index (κ1) is 4.46. The molecule has 0 unspecified atom stereocenters. The van der Waals surface area contributed by atoms with E-state index in [4.69, 9.17) is 0 Å². The monoisotopic (exact) mass is 111 g/mol. The number of hydrogen-bond acceptors (Lipinski definition) is 2. The van der Waals surface area contributed by atoms with Gasteiger partial charge in [-0.1, -0.05) is 12.6 Å². The number of aromatic nitrogens is 2. The van der Waals surface area contributed by atoms with E-state index < -0.39 is 0 Å². The SMILES string of the molecule is [S]c1cncnc1. The van der Waals surface area contributed by atoms with Crippen molar-refractivity contribution < 1.29 is 0 Å². The highest BCUT2D eigenvalue weighted by Crippen LogP contribution is 1.95. The Morgan fingerprint density at radius 3 is 2.14 bits per heavy atom. The molecule has 0 spiro atoms. The fourth-order valence-corrected chi connectivity index (χ4v) is 0.407. The molecule has 1 aromatic heterocycles. The summed E-state index contributed by atoms with van der Waals surface area (Å²) in [7, 11) is 0. The highest BCUT2D eigenvalue weighted by molar-refractivity contribution is 7.80. The average molecular weight is 111 g/mol. The van der Waals surface area contributed by atoms with Gasteiger partial charge in [-0.3, -0.25) is 0 Å². The molecule has 0 bridgehead atoms. The molecule has 0 fully saturated rings. The van der Waals surface area contributed by atoms with Crippen LogP contribution in [0.15, 0.2) is 23.6 Å². The second-order valence-electron chi connectivity index (χ2n) is 1.07. The molecule has 35 valence electrons. The van der Waals surface area contributed by atoms with Crippen LogP contribution in [0.2, 0.25) is 0 Å². The fourth-order valence-electron chi connectivity index (χ4n) is 0.285. The maximum Gasteiger partial charge on any atom is 0.115 e. The first-order valence-corrected chi connectivity index (χ1v) is 2.22. The lowest BCUT2D eigenvalue weighted by atomic mass is 10.7. The summed E-state index contributed by atoms with van der Waals surface area (Å²) in [6.07, 6.45) is 4.63. The molecule has 1 heterocycles. The Morgan fingerprint density at radius 2 is 1.86 bits per heavy atom. The van der Waals surface area contributed by atoms with Crippen molar-refractivity contribution in [2.75, 3.05) is 0 Å². The Hall–Kier alpha value is -0.700. The van der Waals surface area contributed by atoms with Crippen molar-refractivity contribution in [3.05, 3.63) is 18.7 Å². The van der Waals surface area contributed by atoms with Gasteiger partial charge >= 0.3 is 0 Å². The van der Waals surface area contributed by atoms with Gasteiger partial charge in [0.1, 0.15) is 6.33 Å². The van der Waals surface area contributed by atoms with E-state index in [1.165, 1.54) is 6.33 Å². The molecule has 1 aromatic rings. The van der Waals surface area contributed by atoms with Crippen molar-refractivity contribution in [2.45, 2.75) is 4.90 Å². The van der Waals surface area contributed by atoms with Crippen LogP contribution in [0.4, 0.5) is 0 Å². The Labute approximate surface area is 47.0 Å². The normalized spacial score (nSPS) is 8.57.